The van der Waals surface area contributed by atoms with Gasteiger partial charge in [-0.1, -0.05) is 24.3 Å². The maximum absolute atomic E-state index is 12.8. The van der Waals surface area contributed by atoms with Crippen molar-refractivity contribution in [2.75, 3.05) is 4.72 Å². The number of sulfonamides is 1. The van der Waals surface area contributed by atoms with Gasteiger partial charge in [-0.3, -0.25) is 4.72 Å². The summed E-state index contributed by atoms with van der Waals surface area (Å²) < 4.78 is 39.8. The predicted octanol–water partition coefficient (Wildman–Crippen LogP) is 3.25. The average molecular weight is 304 g/mol. The zero-order valence-corrected chi connectivity index (χ0v) is 11.8. The minimum absolute atomic E-state index is 0.204. The lowest BCUT2D eigenvalue weighted by Gasteiger charge is -2.09. The molecule has 0 saturated heterocycles. The predicted molar refractivity (Wildman–Crippen MR) is 80.9 cm³/mol. The van der Waals surface area contributed by atoms with Gasteiger partial charge in [-0.2, -0.15) is 0 Å². The number of rotatable bonds is 4. The van der Waals surface area contributed by atoms with E-state index in [-0.39, 0.29) is 11.6 Å². The molecule has 2 aromatic carbocycles. The molecule has 0 fully saturated rings. The average Bonchev–Trinajstić information content (AvgIpc) is 2.90. The Morgan fingerprint density at radius 2 is 1.81 bits per heavy atom. The van der Waals surface area contributed by atoms with Crippen molar-refractivity contribution in [3.63, 3.8) is 0 Å². The van der Waals surface area contributed by atoms with E-state index in [0.29, 0.717) is 11.3 Å². The number of anilines is 1. The van der Waals surface area contributed by atoms with Gasteiger partial charge in [0.05, 0.1) is 17.0 Å². The summed E-state index contributed by atoms with van der Waals surface area (Å²) in [6, 6.07) is 12.7. The molecule has 0 unspecified atom stereocenters. The molecule has 6 heteroatoms. The standard InChI is InChI=1S/C15H13FN2O2S/c16-13-6-4-11(5-7-13)10-21(19,20)18-14-3-1-2-12-8-9-17-15(12)14/h1-9,17-18H,10H2. The fraction of sp³-hybridized carbons (Fsp3) is 0.0667. The van der Waals surface area contributed by atoms with Crippen LogP contribution in [0.5, 0.6) is 0 Å². The van der Waals surface area contributed by atoms with Crippen molar-refractivity contribution in [3.8, 4) is 0 Å². The molecule has 4 nitrogen and oxygen atoms in total. The Morgan fingerprint density at radius 1 is 1.05 bits per heavy atom. The lowest BCUT2D eigenvalue weighted by atomic mass is 10.2. The lowest BCUT2D eigenvalue weighted by Crippen LogP contribution is -2.15. The van der Waals surface area contributed by atoms with E-state index in [1.54, 1.807) is 18.3 Å². The van der Waals surface area contributed by atoms with Crippen molar-refractivity contribution in [3.05, 3.63) is 66.1 Å². The summed E-state index contributed by atoms with van der Waals surface area (Å²) in [4.78, 5) is 3.01. The highest BCUT2D eigenvalue weighted by Crippen LogP contribution is 2.23. The highest BCUT2D eigenvalue weighted by molar-refractivity contribution is 7.91. The Labute approximate surface area is 121 Å². The number of hydrogen-bond acceptors (Lipinski definition) is 2. The highest BCUT2D eigenvalue weighted by Gasteiger charge is 2.13. The van der Waals surface area contributed by atoms with Crippen LogP contribution >= 0.6 is 0 Å². The zero-order chi connectivity index (χ0) is 14.9. The summed E-state index contributed by atoms with van der Waals surface area (Å²) in [6.45, 7) is 0. The van der Waals surface area contributed by atoms with Gasteiger partial charge in [-0.25, -0.2) is 12.8 Å². The molecule has 2 N–H and O–H groups in total. The summed E-state index contributed by atoms with van der Waals surface area (Å²) in [6.07, 6.45) is 1.75. The number of aromatic nitrogens is 1. The van der Waals surface area contributed by atoms with E-state index in [2.05, 4.69) is 9.71 Å². The van der Waals surface area contributed by atoms with Crippen LogP contribution in [0.1, 0.15) is 5.56 Å². The van der Waals surface area contributed by atoms with E-state index in [4.69, 9.17) is 0 Å². The molecule has 21 heavy (non-hydrogen) atoms. The van der Waals surface area contributed by atoms with Gasteiger partial charge in [-0.05, 0) is 29.8 Å². The molecule has 0 aliphatic rings. The van der Waals surface area contributed by atoms with Gasteiger partial charge in [-0.15, -0.1) is 0 Å². The number of benzene rings is 2. The molecule has 0 radical (unpaired) electrons. The molecule has 0 bridgehead atoms. The van der Waals surface area contributed by atoms with Crippen molar-refractivity contribution in [1.29, 1.82) is 0 Å². The van der Waals surface area contributed by atoms with Crippen LogP contribution in [0.2, 0.25) is 0 Å². The van der Waals surface area contributed by atoms with Crippen LogP contribution < -0.4 is 4.72 Å². The second-order valence-corrected chi connectivity index (χ2v) is 6.46. The lowest BCUT2D eigenvalue weighted by molar-refractivity contribution is 0.600. The number of aromatic amines is 1. The molecule has 3 aromatic rings. The molecule has 3 rings (SSSR count). The summed E-state index contributed by atoms with van der Waals surface area (Å²) in [5, 5.41) is 0.928. The number of hydrogen-bond donors (Lipinski definition) is 2. The Balaban J connectivity index is 1.86. The Morgan fingerprint density at radius 3 is 2.57 bits per heavy atom. The molecule has 0 aliphatic carbocycles. The SMILES string of the molecule is O=S(=O)(Cc1ccc(F)cc1)Nc1cccc2cc[nH]c12. The van der Waals surface area contributed by atoms with Crippen molar-refractivity contribution in [2.24, 2.45) is 0 Å². The van der Waals surface area contributed by atoms with E-state index in [1.165, 1.54) is 24.3 Å². The van der Waals surface area contributed by atoms with Crippen LogP contribution in [-0.4, -0.2) is 13.4 Å². The minimum atomic E-state index is -3.56. The molecule has 1 heterocycles. The van der Waals surface area contributed by atoms with Crippen molar-refractivity contribution in [2.45, 2.75) is 5.75 Å². The van der Waals surface area contributed by atoms with E-state index in [9.17, 15) is 12.8 Å². The van der Waals surface area contributed by atoms with Crippen LogP contribution in [0.15, 0.2) is 54.7 Å². The van der Waals surface area contributed by atoms with Crippen LogP contribution in [0.4, 0.5) is 10.1 Å². The van der Waals surface area contributed by atoms with Crippen LogP contribution in [0.3, 0.4) is 0 Å². The highest BCUT2D eigenvalue weighted by atomic mass is 32.2. The van der Waals surface area contributed by atoms with Crippen molar-refractivity contribution < 1.29 is 12.8 Å². The van der Waals surface area contributed by atoms with Crippen LogP contribution in [-0.2, 0) is 15.8 Å². The summed E-state index contributed by atoms with van der Waals surface area (Å²) in [5.74, 6) is -0.593. The summed E-state index contributed by atoms with van der Waals surface area (Å²) >= 11 is 0. The third-order valence-electron chi connectivity index (χ3n) is 3.12. The Bertz CT molecular complexity index is 870. The molecule has 0 spiro atoms. The van der Waals surface area contributed by atoms with E-state index < -0.39 is 10.0 Å². The molecule has 0 amide bonds. The van der Waals surface area contributed by atoms with Crippen LogP contribution in [0.25, 0.3) is 10.9 Å². The molecular weight excluding hydrogens is 291 g/mol. The summed E-state index contributed by atoms with van der Waals surface area (Å²) in [5.41, 5.74) is 1.77. The smallest absolute Gasteiger partial charge is 0.236 e. The quantitative estimate of drug-likeness (QED) is 0.777. The van der Waals surface area contributed by atoms with Gasteiger partial charge < -0.3 is 4.98 Å². The second-order valence-electron chi connectivity index (χ2n) is 4.74. The summed E-state index contributed by atoms with van der Waals surface area (Å²) in [7, 11) is -3.56. The Hall–Kier alpha value is -2.34. The maximum Gasteiger partial charge on any atom is 0.236 e. The number of fused-ring (bicyclic) bond motifs is 1. The monoisotopic (exact) mass is 304 g/mol. The van der Waals surface area contributed by atoms with Crippen LogP contribution in [0, 0.1) is 5.82 Å². The number of nitrogens with one attached hydrogen (secondary N) is 2. The largest absolute Gasteiger partial charge is 0.359 e. The van der Waals surface area contributed by atoms with E-state index in [1.807, 2.05) is 12.1 Å². The second kappa shape index (κ2) is 5.21. The third kappa shape index (κ3) is 3.05. The number of H-pyrrole nitrogens is 1. The number of halogens is 1. The van der Waals surface area contributed by atoms with Gasteiger partial charge in [0.15, 0.2) is 0 Å². The van der Waals surface area contributed by atoms with E-state index in [0.717, 1.165) is 10.9 Å². The first-order valence-electron chi connectivity index (χ1n) is 6.34. The molecule has 0 saturated carbocycles. The molecule has 0 atom stereocenters. The van der Waals surface area contributed by atoms with E-state index >= 15 is 0 Å². The van der Waals surface area contributed by atoms with Gasteiger partial charge in [0.25, 0.3) is 0 Å². The van der Waals surface area contributed by atoms with Gasteiger partial charge in [0, 0.05) is 11.6 Å². The van der Waals surface area contributed by atoms with Gasteiger partial charge in [0.1, 0.15) is 5.82 Å². The first-order chi connectivity index (χ1) is 10.0. The normalized spacial score (nSPS) is 11.7. The van der Waals surface area contributed by atoms with Gasteiger partial charge >= 0.3 is 0 Å². The first kappa shape index (κ1) is 13.6. The minimum Gasteiger partial charge on any atom is -0.359 e. The zero-order valence-electron chi connectivity index (χ0n) is 11.0. The van der Waals surface area contributed by atoms with Crippen molar-refractivity contribution >= 4 is 26.6 Å². The van der Waals surface area contributed by atoms with Gasteiger partial charge in [0.2, 0.25) is 10.0 Å². The Kier molecular flexibility index (Phi) is 3.39. The fourth-order valence-electron chi connectivity index (χ4n) is 2.17. The molecular formula is C15H13FN2O2S. The molecule has 1 aromatic heterocycles. The fourth-order valence-corrected chi connectivity index (χ4v) is 3.38. The molecule has 0 aliphatic heterocycles. The maximum atomic E-state index is 12.8. The molecule has 108 valence electrons. The van der Waals surface area contributed by atoms with Crippen molar-refractivity contribution in [1.82, 2.24) is 4.98 Å². The topological polar surface area (TPSA) is 62.0 Å². The number of para-hydroxylation sites is 1. The third-order valence-corrected chi connectivity index (χ3v) is 4.37. The first-order valence-corrected chi connectivity index (χ1v) is 8.00.